The maximum Gasteiger partial charge on any atom is 0.261 e. The van der Waals surface area contributed by atoms with Crippen molar-refractivity contribution in [2.75, 3.05) is 5.75 Å². The highest BCUT2D eigenvalue weighted by Gasteiger charge is 2.35. The standard InChI is InChI=1S/C26H31N3O3S2/c1-5-34(31,32)22-11-10-21(27-14-22)13-28-26(30)23-12-20-16-29(24(17(2)3)25(20)33-23)15-19-8-6-18(4)7-9-19/h6-12,14,17,24H,5,13,15-16H2,1-4H3,(H,28,30). The van der Waals surface area contributed by atoms with Crippen molar-refractivity contribution in [3.8, 4) is 0 Å². The minimum Gasteiger partial charge on any atom is -0.346 e. The molecule has 34 heavy (non-hydrogen) atoms. The van der Waals surface area contributed by atoms with Crippen molar-refractivity contribution in [2.24, 2.45) is 5.92 Å². The van der Waals surface area contributed by atoms with Crippen LogP contribution in [0.4, 0.5) is 0 Å². The number of aromatic nitrogens is 1. The lowest BCUT2D eigenvalue weighted by molar-refractivity contribution is 0.0954. The van der Waals surface area contributed by atoms with Crippen molar-refractivity contribution < 1.29 is 13.2 Å². The van der Waals surface area contributed by atoms with Gasteiger partial charge in [0.2, 0.25) is 0 Å². The molecule has 8 heteroatoms. The molecule has 6 nitrogen and oxygen atoms in total. The zero-order valence-electron chi connectivity index (χ0n) is 20.0. The average molecular weight is 498 g/mol. The molecular weight excluding hydrogens is 466 g/mol. The quantitative estimate of drug-likeness (QED) is 0.479. The fraction of sp³-hybridized carbons (Fsp3) is 0.385. The van der Waals surface area contributed by atoms with E-state index in [1.54, 1.807) is 30.4 Å². The van der Waals surface area contributed by atoms with Crippen molar-refractivity contribution in [1.82, 2.24) is 15.2 Å². The lowest BCUT2D eigenvalue weighted by Crippen LogP contribution is -2.26. The first-order chi connectivity index (χ1) is 16.2. The summed E-state index contributed by atoms with van der Waals surface area (Å²) in [6.45, 7) is 10.1. The molecule has 1 aliphatic rings. The molecule has 0 saturated carbocycles. The second kappa shape index (κ2) is 9.98. The van der Waals surface area contributed by atoms with Crippen LogP contribution in [0.1, 0.15) is 63.7 Å². The molecule has 1 atom stereocenters. The lowest BCUT2D eigenvalue weighted by atomic mass is 10.0. The third-order valence-corrected chi connectivity index (χ3v) is 9.17. The van der Waals surface area contributed by atoms with E-state index in [1.165, 1.54) is 27.8 Å². The highest BCUT2D eigenvalue weighted by Crippen LogP contribution is 2.44. The lowest BCUT2D eigenvalue weighted by Gasteiger charge is -2.28. The summed E-state index contributed by atoms with van der Waals surface area (Å²) >= 11 is 1.57. The summed E-state index contributed by atoms with van der Waals surface area (Å²) in [6, 6.07) is 14.2. The monoisotopic (exact) mass is 497 g/mol. The van der Waals surface area contributed by atoms with Crippen LogP contribution in [0.15, 0.2) is 53.6 Å². The van der Waals surface area contributed by atoms with Gasteiger partial charge >= 0.3 is 0 Å². The van der Waals surface area contributed by atoms with Crippen LogP contribution in [0.2, 0.25) is 0 Å². The molecular formula is C26H31N3O3S2. The number of aryl methyl sites for hydroxylation is 1. The SMILES string of the molecule is CCS(=O)(=O)c1ccc(CNC(=O)c2cc3c(s2)C(C(C)C)N(Cc2ccc(C)cc2)C3)nc1. The summed E-state index contributed by atoms with van der Waals surface area (Å²) in [5.41, 5.74) is 4.41. The Morgan fingerprint density at radius 3 is 2.56 bits per heavy atom. The van der Waals surface area contributed by atoms with Crippen LogP contribution in [-0.2, 0) is 29.5 Å². The molecule has 0 fully saturated rings. The molecule has 0 aliphatic carbocycles. The smallest absolute Gasteiger partial charge is 0.261 e. The first-order valence-electron chi connectivity index (χ1n) is 11.6. The van der Waals surface area contributed by atoms with Gasteiger partial charge < -0.3 is 5.32 Å². The van der Waals surface area contributed by atoms with Crippen molar-refractivity contribution >= 4 is 27.1 Å². The number of hydrogen-bond acceptors (Lipinski definition) is 6. The minimum absolute atomic E-state index is 0.0353. The fourth-order valence-corrected chi connectivity index (χ4v) is 6.56. The van der Waals surface area contributed by atoms with E-state index in [2.05, 4.69) is 60.2 Å². The van der Waals surface area contributed by atoms with Crippen LogP contribution < -0.4 is 5.32 Å². The number of nitrogens with one attached hydrogen (secondary N) is 1. The zero-order chi connectivity index (χ0) is 24.5. The molecule has 2 aromatic heterocycles. The predicted molar refractivity (Wildman–Crippen MR) is 135 cm³/mol. The Balaban J connectivity index is 1.42. The normalized spacial score (nSPS) is 16.1. The summed E-state index contributed by atoms with van der Waals surface area (Å²) in [5, 5.41) is 2.92. The molecule has 0 spiro atoms. The van der Waals surface area contributed by atoms with Gasteiger partial charge in [-0.05, 0) is 42.2 Å². The molecule has 1 amide bonds. The molecule has 1 N–H and O–H groups in total. The first-order valence-corrected chi connectivity index (χ1v) is 14.0. The number of sulfone groups is 1. The Morgan fingerprint density at radius 1 is 1.21 bits per heavy atom. The van der Waals surface area contributed by atoms with Crippen LogP contribution >= 0.6 is 11.3 Å². The second-order valence-corrected chi connectivity index (χ2v) is 12.5. The van der Waals surface area contributed by atoms with Crippen molar-refractivity contribution in [2.45, 2.75) is 58.3 Å². The summed E-state index contributed by atoms with van der Waals surface area (Å²) < 4.78 is 23.9. The van der Waals surface area contributed by atoms with Gasteiger partial charge in [-0.25, -0.2) is 8.42 Å². The van der Waals surface area contributed by atoms with Crippen LogP contribution in [0.3, 0.4) is 0 Å². The highest BCUT2D eigenvalue weighted by molar-refractivity contribution is 7.91. The van der Waals surface area contributed by atoms with E-state index in [9.17, 15) is 13.2 Å². The third-order valence-electron chi connectivity index (χ3n) is 6.21. The summed E-state index contributed by atoms with van der Waals surface area (Å²) in [6.07, 6.45) is 1.36. The number of benzene rings is 1. The molecule has 4 rings (SSSR count). The van der Waals surface area contributed by atoms with Gasteiger partial charge in [-0.2, -0.15) is 0 Å². The van der Waals surface area contributed by atoms with E-state index in [0.29, 0.717) is 16.5 Å². The molecule has 0 radical (unpaired) electrons. The van der Waals surface area contributed by atoms with Crippen LogP contribution in [0, 0.1) is 12.8 Å². The van der Waals surface area contributed by atoms with Gasteiger partial charge in [-0.1, -0.05) is 50.6 Å². The average Bonchev–Trinajstić information content (AvgIpc) is 3.36. The van der Waals surface area contributed by atoms with E-state index < -0.39 is 9.84 Å². The minimum atomic E-state index is -3.28. The Morgan fingerprint density at radius 2 is 1.94 bits per heavy atom. The number of nitrogens with zero attached hydrogens (tertiary/aromatic N) is 2. The number of pyridine rings is 1. The Bertz CT molecular complexity index is 1260. The van der Waals surface area contributed by atoms with Gasteiger partial charge in [0.05, 0.1) is 27.8 Å². The summed E-state index contributed by atoms with van der Waals surface area (Å²) in [5.74, 6) is 0.343. The maximum atomic E-state index is 12.8. The van der Waals surface area contributed by atoms with Crippen molar-refractivity contribution in [3.05, 3.63) is 80.8 Å². The topological polar surface area (TPSA) is 79.4 Å². The molecule has 1 aromatic carbocycles. The maximum absolute atomic E-state index is 12.8. The summed E-state index contributed by atoms with van der Waals surface area (Å²) in [4.78, 5) is 21.7. The Hall–Kier alpha value is -2.55. The van der Waals surface area contributed by atoms with Crippen LogP contribution in [0.5, 0.6) is 0 Å². The molecule has 1 unspecified atom stereocenters. The van der Waals surface area contributed by atoms with E-state index >= 15 is 0 Å². The zero-order valence-corrected chi connectivity index (χ0v) is 21.7. The van der Waals surface area contributed by atoms with Gasteiger partial charge in [0, 0.05) is 30.2 Å². The number of amides is 1. The molecule has 180 valence electrons. The van der Waals surface area contributed by atoms with E-state index in [1.807, 2.05) is 6.07 Å². The number of carbonyl (C=O) groups excluding carboxylic acids is 1. The molecule has 1 aliphatic heterocycles. The molecule has 3 heterocycles. The number of rotatable bonds is 8. The largest absolute Gasteiger partial charge is 0.346 e. The van der Waals surface area contributed by atoms with Crippen LogP contribution in [0.25, 0.3) is 0 Å². The number of fused-ring (bicyclic) bond motifs is 1. The van der Waals surface area contributed by atoms with Gasteiger partial charge in [0.15, 0.2) is 9.84 Å². The molecule has 0 saturated heterocycles. The number of carbonyl (C=O) groups is 1. The fourth-order valence-electron chi connectivity index (χ4n) is 4.34. The molecule has 3 aromatic rings. The van der Waals surface area contributed by atoms with Crippen molar-refractivity contribution in [3.63, 3.8) is 0 Å². The number of thiophene rings is 1. The van der Waals surface area contributed by atoms with E-state index in [0.717, 1.165) is 13.1 Å². The van der Waals surface area contributed by atoms with Crippen molar-refractivity contribution in [1.29, 1.82) is 0 Å². The van der Waals surface area contributed by atoms with Gasteiger partial charge in [0.25, 0.3) is 5.91 Å². The number of hydrogen-bond donors (Lipinski definition) is 1. The van der Waals surface area contributed by atoms with E-state index in [4.69, 9.17) is 0 Å². The van der Waals surface area contributed by atoms with Gasteiger partial charge in [-0.3, -0.25) is 14.7 Å². The molecule has 0 bridgehead atoms. The predicted octanol–water partition coefficient (Wildman–Crippen LogP) is 4.89. The van der Waals surface area contributed by atoms with Crippen LogP contribution in [-0.4, -0.2) is 30.0 Å². The second-order valence-electron chi connectivity index (χ2n) is 9.15. The third kappa shape index (κ3) is 5.24. The highest BCUT2D eigenvalue weighted by atomic mass is 32.2. The van der Waals surface area contributed by atoms with E-state index in [-0.39, 0.29) is 29.1 Å². The Kier molecular flexibility index (Phi) is 7.21. The summed E-state index contributed by atoms with van der Waals surface area (Å²) in [7, 11) is -3.28. The van der Waals surface area contributed by atoms with Gasteiger partial charge in [0.1, 0.15) is 0 Å². The van der Waals surface area contributed by atoms with Gasteiger partial charge in [-0.15, -0.1) is 11.3 Å². The Labute approximate surface area is 206 Å². The first kappa shape index (κ1) is 24.6.